The Balaban J connectivity index is 1.84. The molecule has 0 radical (unpaired) electrons. The summed E-state index contributed by atoms with van der Waals surface area (Å²) in [5, 5.41) is 5.44. The van der Waals surface area contributed by atoms with Gasteiger partial charge in [-0.05, 0) is 55.0 Å². The number of aryl methyl sites for hydroxylation is 1. The second-order valence-electron chi connectivity index (χ2n) is 6.81. The second-order valence-corrected chi connectivity index (χ2v) is 8.56. The molecule has 6 nitrogen and oxygen atoms in total. The van der Waals surface area contributed by atoms with Gasteiger partial charge in [-0.25, -0.2) is 13.4 Å². The van der Waals surface area contributed by atoms with Crippen molar-refractivity contribution >= 4 is 54.6 Å². The lowest BCUT2D eigenvalue weighted by molar-refractivity contribution is 0.607. The Kier molecular flexibility index (Phi) is 4.31. The molecule has 0 saturated heterocycles. The monoisotopic (exact) mass is 392 g/mol. The lowest BCUT2D eigenvalue weighted by Crippen LogP contribution is -2.09. The smallest absolute Gasteiger partial charge is 0.229 e. The molecule has 1 heterocycles. The van der Waals surface area contributed by atoms with Crippen molar-refractivity contribution < 1.29 is 8.42 Å². The number of hydrogen-bond donors (Lipinski definition) is 3. The molecule has 0 aliphatic carbocycles. The molecule has 7 heteroatoms. The average molecular weight is 392 g/mol. The van der Waals surface area contributed by atoms with E-state index >= 15 is 0 Å². The van der Waals surface area contributed by atoms with Crippen LogP contribution in [0.2, 0.25) is 0 Å². The number of benzene rings is 3. The van der Waals surface area contributed by atoms with Crippen LogP contribution in [0.1, 0.15) is 5.56 Å². The Morgan fingerprint density at radius 3 is 2.36 bits per heavy atom. The fraction of sp³-hybridized carbons (Fsp3) is 0.0952. The molecule has 0 atom stereocenters. The molecule has 0 bridgehead atoms. The highest BCUT2D eigenvalue weighted by Crippen LogP contribution is 2.35. The quantitative estimate of drug-likeness (QED) is 0.353. The first-order chi connectivity index (χ1) is 13.3. The maximum atomic E-state index is 11.4. The van der Waals surface area contributed by atoms with E-state index in [9.17, 15) is 8.42 Å². The van der Waals surface area contributed by atoms with Gasteiger partial charge in [0.2, 0.25) is 10.0 Å². The van der Waals surface area contributed by atoms with Crippen LogP contribution in [0, 0.1) is 6.92 Å². The average Bonchev–Trinajstić information content (AvgIpc) is 2.62. The van der Waals surface area contributed by atoms with Crippen molar-refractivity contribution in [3.63, 3.8) is 0 Å². The summed E-state index contributed by atoms with van der Waals surface area (Å²) in [6, 6.07) is 18.9. The minimum Gasteiger partial charge on any atom is -0.399 e. The standard InChI is InChI=1S/C21H20N4O2S/c1-13-4-3-5-18-20(13)24-19-12-14(22)6-11-17(19)21(18)23-15-7-9-16(10-8-15)25-28(2,26)27/h3-12,25H,22H2,1-2H3,(H,23,24). The molecule has 4 rings (SSSR count). The molecule has 1 aromatic heterocycles. The van der Waals surface area contributed by atoms with Crippen LogP contribution in [-0.4, -0.2) is 19.7 Å². The lowest BCUT2D eigenvalue weighted by Gasteiger charge is -2.15. The number of anilines is 4. The number of nitrogens with one attached hydrogen (secondary N) is 2. The predicted molar refractivity (Wildman–Crippen MR) is 117 cm³/mol. The first-order valence-corrected chi connectivity index (χ1v) is 10.6. The summed E-state index contributed by atoms with van der Waals surface area (Å²) in [5.41, 5.74) is 11.7. The Morgan fingerprint density at radius 2 is 1.64 bits per heavy atom. The third-order valence-corrected chi connectivity index (χ3v) is 5.09. The zero-order chi connectivity index (χ0) is 19.9. The number of para-hydroxylation sites is 1. The summed E-state index contributed by atoms with van der Waals surface area (Å²) in [6.07, 6.45) is 1.13. The van der Waals surface area contributed by atoms with E-state index in [1.54, 1.807) is 12.1 Å². The Morgan fingerprint density at radius 1 is 0.929 bits per heavy atom. The van der Waals surface area contributed by atoms with Crippen molar-refractivity contribution in [2.45, 2.75) is 6.92 Å². The van der Waals surface area contributed by atoms with Gasteiger partial charge in [0, 0.05) is 27.8 Å². The van der Waals surface area contributed by atoms with Gasteiger partial charge in [-0.15, -0.1) is 0 Å². The maximum absolute atomic E-state index is 11.4. The molecular formula is C21H20N4O2S. The van der Waals surface area contributed by atoms with Gasteiger partial charge >= 0.3 is 0 Å². The highest BCUT2D eigenvalue weighted by Gasteiger charge is 2.11. The molecule has 28 heavy (non-hydrogen) atoms. The summed E-state index contributed by atoms with van der Waals surface area (Å²) in [4.78, 5) is 4.80. The molecule has 0 spiro atoms. The van der Waals surface area contributed by atoms with E-state index in [-0.39, 0.29) is 0 Å². The summed E-state index contributed by atoms with van der Waals surface area (Å²) >= 11 is 0. The molecule has 142 valence electrons. The molecule has 0 amide bonds. The van der Waals surface area contributed by atoms with Crippen LogP contribution in [0.15, 0.2) is 60.7 Å². The molecule has 0 unspecified atom stereocenters. The zero-order valence-corrected chi connectivity index (χ0v) is 16.3. The molecule has 0 aliphatic rings. The van der Waals surface area contributed by atoms with Crippen molar-refractivity contribution in [2.24, 2.45) is 0 Å². The van der Waals surface area contributed by atoms with Crippen molar-refractivity contribution in [3.8, 4) is 0 Å². The van der Waals surface area contributed by atoms with E-state index in [1.165, 1.54) is 0 Å². The summed E-state index contributed by atoms with van der Waals surface area (Å²) in [6.45, 7) is 2.03. The van der Waals surface area contributed by atoms with Crippen LogP contribution < -0.4 is 15.8 Å². The van der Waals surface area contributed by atoms with E-state index < -0.39 is 10.0 Å². The second kappa shape index (κ2) is 6.69. The predicted octanol–water partition coefficient (Wildman–Crippen LogP) is 4.39. The number of aromatic nitrogens is 1. The number of hydrogen-bond acceptors (Lipinski definition) is 5. The van der Waals surface area contributed by atoms with E-state index in [2.05, 4.69) is 10.0 Å². The number of nitrogen functional groups attached to an aromatic ring is 1. The highest BCUT2D eigenvalue weighted by atomic mass is 32.2. The molecule has 4 aromatic rings. The largest absolute Gasteiger partial charge is 0.399 e. The van der Waals surface area contributed by atoms with Crippen LogP contribution in [0.3, 0.4) is 0 Å². The fourth-order valence-corrected chi connectivity index (χ4v) is 3.81. The molecule has 0 aliphatic heterocycles. The summed E-state index contributed by atoms with van der Waals surface area (Å²) in [5.74, 6) is 0. The van der Waals surface area contributed by atoms with Gasteiger partial charge in [0.1, 0.15) is 0 Å². The van der Waals surface area contributed by atoms with Gasteiger partial charge in [-0.1, -0.05) is 18.2 Å². The van der Waals surface area contributed by atoms with Gasteiger partial charge < -0.3 is 11.1 Å². The first kappa shape index (κ1) is 18.1. The van der Waals surface area contributed by atoms with E-state index in [0.717, 1.165) is 45.0 Å². The first-order valence-electron chi connectivity index (χ1n) is 8.74. The van der Waals surface area contributed by atoms with Gasteiger partial charge in [0.25, 0.3) is 0 Å². The highest BCUT2D eigenvalue weighted by molar-refractivity contribution is 7.92. The van der Waals surface area contributed by atoms with E-state index in [4.69, 9.17) is 10.7 Å². The molecule has 0 saturated carbocycles. The Bertz CT molecular complexity index is 1300. The third-order valence-electron chi connectivity index (χ3n) is 4.49. The lowest BCUT2D eigenvalue weighted by atomic mass is 10.0. The molecular weight excluding hydrogens is 372 g/mol. The number of rotatable bonds is 4. The molecule has 3 aromatic carbocycles. The van der Waals surface area contributed by atoms with Crippen LogP contribution in [0.4, 0.5) is 22.7 Å². The minimum absolute atomic E-state index is 0.515. The van der Waals surface area contributed by atoms with Crippen molar-refractivity contribution in [3.05, 3.63) is 66.2 Å². The number of nitrogens with zero attached hydrogens (tertiary/aromatic N) is 1. The number of pyridine rings is 1. The van der Waals surface area contributed by atoms with Crippen LogP contribution in [0.25, 0.3) is 21.8 Å². The van der Waals surface area contributed by atoms with Crippen LogP contribution >= 0.6 is 0 Å². The minimum atomic E-state index is -3.31. The van der Waals surface area contributed by atoms with Gasteiger partial charge in [0.15, 0.2) is 0 Å². The Hall–Kier alpha value is -3.32. The summed E-state index contributed by atoms with van der Waals surface area (Å²) in [7, 11) is -3.31. The number of sulfonamides is 1. The number of nitrogens with two attached hydrogens (primary N) is 1. The molecule has 4 N–H and O–H groups in total. The normalized spacial score (nSPS) is 11.6. The van der Waals surface area contributed by atoms with Crippen molar-refractivity contribution in [1.82, 2.24) is 4.98 Å². The van der Waals surface area contributed by atoms with Gasteiger partial charge in [0.05, 0.1) is 23.0 Å². The third kappa shape index (κ3) is 3.57. The van der Waals surface area contributed by atoms with Crippen molar-refractivity contribution in [1.29, 1.82) is 0 Å². The Labute approximate surface area is 163 Å². The zero-order valence-electron chi connectivity index (χ0n) is 15.5. The van der Waals surface area contributed by atoms with E-state index in [1.807, 2.05) is 55.5 Å². The number of fused-ring (bicyclic) bond motifs is 2. The summed E-state index contributed by atoms with van der Waals surface area (Å²) < 4.78 is 25.2. The SMILES string of the molecule is Cc1cccc2c(Nc3ccc(NS(C)(=O)=O)cc3)c3ccc(N)cc3nc12. The van der Waals surface area contributed by atoms with Crippen LogP contribution in [-0.2, 0) is 10.0 Å². The van der Waals surface area contributed by atoms with Crippen molar-refractivity contribution in [2.75, 3.05) is 22.0 Å². The maximum Gasteiger partial charge on any atom is 0.229 e. The van der Waals surface area contributed by atoms with Gasteiger partial charge in [-0.3, -0.25) is 4.72 Å². The van der Waals surface area contributed by atoms with Gasteiger partial charge in [-0.2, -0.15) is 0 Å². The molecule has 0 fully saturated rings. The fourth-order valence-electron chi connectivity index (χ4n) is 3.24. The van der Waals surface area contributed by atoms with Crippen LogP contribution in [0.5, 0.6) is 0 Å². The topological polar surface area (TPSA) is 97.1 Å². The van der Waals surface area contributed by atoms with E-state index in [0.29, 0.717) is 11.4 Å².